The molecule has 19 heavy (non-hydrogen) atoms. The molecule has 2 rings (SSSR count). The van der Waals surface area contributed by atoms with Gasteiger partial charge in [-0.3, -0.25) is 4.79 Å². The van der Waals surface area contributed by atoms with Gasteiger partial charge in [-0.2, -0.15) is 0 Å². The van der Waals surface area contributed by atoms with Crippen LogP contribution < -0.4 is 4.90 Å². The first kappa shape index (κ1) is 13.4. The standard InChI is InChI=1S/C16H19NO2/c1-4-6-11-10-14-12(8-9-15(18)17(14)3)13(7-5-2)16(11)19/h4-5,10,19H,1-2,6-9H2,3H3. The zero-order valence-corrected chi connectivity index (χ0v) is 11.3. The predicted octanol–water partition coefficient (Wildman–Crippen LogP) is 2.76. The Morgan fingerprint density at radius 1 is 1.32 bits per heavy atom. The van der Waals surface area contributed by atoms with Crippen molar-refractivity contribution in [1.82, 2.24) is 0 Å². The first-order chi connectivity index (χ1) is 9.10. The Morgan fingerprint density at radius 3 is 2.63 bits per heavy atom. The maximum atomic E-state index is 11.8. The van der Waals surface area contributed by atoms with Crippen LogP contribution in [0, 0.1) is 0 Å². The molecule has 0 atom stereocenters. The highest BCUT2D eigenvalue weighted by molar-refractivity contribution is 5.96. The molecule has 0 saturated carbocycles. The zero-order valence-electron chi connectivity index (χ0n) is 11.3. The van der Waals surface area contributed by atoms with E-state index in [0.29, 0.717) is 31.4 Å². The van der Waals surface area contributed by atoms with Gasteiger partial charge in [0.2, 0.25) is 5.91 Å². The third-order valence-corrected chi connectivity index (χ3v) is 3.61. The first-order valence-corrected chi connectivity index (χ1v) is 6.45. The Balaban J connectivity index is 2.64. The van der Waals surface area contributed by atoms with E-state index in [2.05, 4.69) is 13.2 Å². The van der Waals surface area contributed by atoms with Gasteiger partial charge in [0, 0.05) is 24.7 Å². The van der Waals surface area contributed by atoms with Gasteiger partial charge in [-0.05, 0) is 36.5 Å². The summed E-state index contributed by atoms with van der Waals surface area (Å²) in [6, 6.07) is 1.90. The van der Waals surface area contributed by atoms with Gasteiger partial charge in [-0.25, -0.2) is 0 Å². The lowest BCUT2D eigenvalue weighted by atomic mass is 9.90. The molecule has 0 bridgehead atoms. The molecule has 0 aromatic heterocycles. The fraction of sp³-hybridized carbons (Fsp3) is 0.312. The van der Waals surface area contributed by atoms with Crippen LogP contribution in [-0.4, -0.2) is 18.1 Å². The van der Waals surface area contributed by atoms with E-state index < -0.39 is 0 Å². The highest BCUT2D eigenvalue weighted by Crippen LogP contribution is 2.38. The zero-order chi connectivity index (χ0) is 14.0. The quantitative estimate of drug-likeness (QED) is 0.843. The third kappa shape index (κ3) is 2.28. The maximum Gasteiger partial charge on any atom is 0.227 e. The van der Waals surface area contributed by atoms with E-state index >= 15 is 0 Å². The van der Waals surface area contributed by atoms with Crippen LogP contribution in [0.4, 0.5) is 5.69 Å². The molecule has 0 unspecified atom stereocenters. The number of nitrogens with zero attached hydrogens (tertiary/aromatic N) is 1. The van der Waals surface area contributed by atoms with Crippen molar-refractivity contribution in [3.63, 3.8) is 0 Å². The van der Waals surface area contributed by atoms with Crippen LogP contribution in [0.3, 0.4) is 0 Å². The van der Waals surface area contributed by atoms with Crippen LogP contribution in [0.2, 0.25) is 0 Å². The van der Waals surface area contributed by atoms with E-state index in [1.807, 2.05) is 6.07 Å². The van der Waals surface area contributed by atoms with Crippen LogP contribution >= 0.6 is 0 Å². The average Bonchev–Trinajstić information content (AvgIpc) is 2.39. The summed E-state index contributed by atoms with van der Waals surface area (Å²) < 4.78 is 0. The molecule has 3 nitrogen and oxygen atoms in total. The molecule has 1 N–H and O–H groups in total. The van der Waals surface area contributed by atoms with Crippen LogP contribution in [0.5, 0.6) is 5.75 Å². The number of rotatable bonds is 4. The number of hydrogen-bond donors (Lipinski definition) is 1. The Bertz CT molecular complexity index is 546. The lowest BCUT2D eigenvalue weighted by molar-refractivity contribution is -0.118. The van der Waals surface area contributed by atoms with Crippen LogP contribution in [0.1, 0.15) is 23.1 Å². The summed E-state index contributed by atoms with van der Waals surface area (Å²) in [5.74, 6) is 0.439. The van der Waals surface area contributed by atoms with Crippen LogP contribution in [0.15, 0.2) is 31.4 Å². The fourth-order valence-electron chi connectivity index (χ4n) is 2.60. The van der Waals surface area contributed by atoms with Gasteiger partial charge < -0.3 is 10.0 Å². The molecule has 3 heteroatoms. The van der Waals surface area contributed by atoms with Gasteiger partial charge in [0.1, 0.15) is 5.75 Å². The molecule has 1 aromatic carbocycles. The lowest BCUT2D eigenvalue weighted by Gasteiger charge is -2.29. The highest BCUT2D eigenvalue weighted by atomic mass is 16.3. The molecule has 1 aromatic rings. The molecule has 1 amide bonds. The molecule has 0 spiro atoms. The van der Waals surface area contributed by atoms with Gasteiger partial charge >= 0.3 is 0 Å². The molecule has 0 radical (unpaired) electrons. The smallest absolute Gasteiger partial charge is 0.227 e. The number of phenolic OH excluding ortho intramolecular Hbond substituents is 1. The SMILES string of the molecule is C=CCc1cc2c(c(CC=C)c1O)CCC(=O)N2C. The van der Waals surface area contributed by atoms with Gasteiger partial charge in [0.15, 0.2) is 0 Å². The van der Waals surface area contributed by atoms with Crippen molar-refractivity contribution >= 4 is 11.6 Å². The summed E-state index contributed by atoms with van der Waals surface area (Å²) in [6.45, 7) is 7.45. The van der Waals surface area contributed by atoms with Crippen molar-refractivity contribution < 1.29 is 9.90 Å². The van der Waals surface area contributed by atoms with Crippen LogP contribution in [0.25, 0.3) is 0 Å². The number of fused-ring (bicyclic) bond motifs is 1. The normalized spacial score (nSPS) is 14.2. The second kappa shape index (κ2) is 5.31. The fourth-order valence-corrected chi connectivity index (χ4v) is 2.60. The number of amides is 1. The Kier molecular flexibility index (Phi) is 3.74. The Morgan fingerprint density at radius 2 is 2.00 bits per heavy atom. The number of allylic oxidation sites excluding steroid dienone is 2. The maximum absolute atomic E-state index is 11.8. The monoisotopic (exact) mass is 257 g/mol. The molecular formula is C16H19NO2. The third-order valence-electron chi connectivity index (χ3n) is 3.61. The Hall–Kier alpha value is -2.03. The van der Waals surface area contributed by atoms with E-state index in [0.717, 1.165) is 22.4 Å². The van der Waals surface area contributed by atoms with E-state index in [9.17, 15) is 9.90 Å². The number of hydrogen-bond acceptors (Lipinski definition) is 2. The number of carbonyl (C=O) groups is 1. The summed E-state index contributed by atoms with van der Waals surface area (Å²) in [5.41, 5.74) is 3.67. The van der Waals surface area contributed by atoms with Crippen molar-refractivity contribution in [3.05, 3.63) is 48.1 Å². The molecule has 0 saturated heterocycles. The molecule has 0 fully saturated rings. The number of phenols is 1. The number of benzene rings is 1. The Labute approximate surface area is 113 Å². The van der Waals surface area contributed by atoms with Crippen molar-refractivity contribution in [3.8, 4) is 5.75 Å². The van der Waals surface area contributed by atoms with E-state index in [1.54, 1.807) is 24.1 Å². The molecule has 100 valence electrons. The summed E-state index contributed by atoms with van der Waals surface area (Å²) >= 11 is 0. The molecule has 0 aliphatic carbocycles. The lowest BCUT2D eigenvalue weighted by Crippen LogP contribution is -2.31. The second-order valence-electron chi connectivity index (χ2n) is 4.80. The minimum absolute atomic E-state index is 0.118. The van der Waals surface area contributed by atoms with Gasteiger partial charge in [-0.15, -0.1) is 13.2 Å². The van der Waals surface area contributed by atoms with Crippen molar-refractivity contribution in [2.75, 3.05) is 11.9 Å². The summed E-state index contributed by atoms with van der Waals surface area (Å²) in [5, 5.41) is 10.4. The van der Waals surface area contributed by atoms with Crippen LogP contribution in [-0.2, 0) is 24.1 Å². The van der Waals surface area contributed by atoms with Gasteiger partial charge in [-0.1, -0.05) is 12.2 Å². The minimum atomic E-state index is 0.118. The topological polar surface area (TPSA) is 40.5 Å². The first-order valence-electron chi connectivity index (χ1n) is 6.45. The second-order valence-corrected chi connectivity index (χ2v) is 4.80. The molecule has 1 heterocycles. The van der Waals surface area contributed by atoms with Crippen molar-refractivity contribution in [2.24, 2.45) is 0 Å². The van der Waals surface area contributed by atoms with Gasteiger partial charge in [0.25, 0.3) is 0 Å². The largest absolute Gasteiger partial charge is 0.507 e. The van der Waals surface area contributed by atoms with E-state index in [1.165, 1.54) is 0 Å². The highest BCUT2D eigenvalue weighted by Gasteiger charge is 2.25. The number of aromatic hydroxyl groups is 1. The van der Waals surface area contributed by atoms with Crippen molar-refractivity contribution in [1.29, 1.82) is 0 Å². The molecular weight excluding hydrogens is 238 g/mol. The van der Waals surface area contributed by atoms with Gasteiger partial charge in [0.05, 0.1) is 0 Å². The average molecular weight is 257 g/mol. The molecule has 1 aliphatic rings. The number of carbonyl (C=O) groups excluding carboxylic acids is 1. The number of anilines is 1. The van der Waals surface area contributed by atoms with E-state index in [4.69, 9.17) is 0 Å². The molecule has 1 aliphatic heterocycles. The predicted molar refractivity (Wildman–Crippen MR) is 77.6 cm³/mol. The summed E-state index contributed by atoms with van der Waals surface area (Å²) in [4.78, 5) is 13.5. The van der Waals surface area contributed by atoms with E-state index in [-0.39, 0.29) is 5.91 Å². The minimum Gasteiger partial charge on any atom is -0.507 e. The summed E-state index contributed by atoms with van der Waals surface area (Å²) in [6.07, 6.45) is 5.91. The summed E-state index contributed by atoms with van der Waals surface area (Å²) in [7, 11) is 1.78. The van der Waals surface area contributed by atoms with Crippen molar-refractivity contribution in [2.45, 2.75) is 25.7 Å².